The number of hydrogen-bond acceptors (Lipinski definition) is 2. The van der Waals surface area contributed by atoms with Crippen LogP contribution in [-0.4, -0.2) is 81.3 Å². The molecule has 0 heterocycles. The minimum absolute atomic E-state index is 0. The van der Waals surface area contributed by atoms with Gasteiger partial charge in [-0.2, -0.15) is 0 Å². The Morgan fingerprint density at radius 3 is 1.10 bits per heavy atom. The molecular formula is C14H20Na2O4. The average molecular weight is 298 g/mol. The first-order valence-corrected chi connectivity index (χ1v) is 6.82. The zero-order valence-electron chi connectivity index (χ0n) is 12.5. The van der Waals surface area contributed by atoms with Gasteiger partial charge in [-0.1, -0.05) is 25.7 Å². The van der Waals surface area contributed by atoms with Crippen molar-refractivity contribution in [1.82, 2.24) is 0 Å². The van der Waals surface area contributed by atoms with E-state index in [4.69, 9.17) is 0 Å². The molecule has 6 heteroatoms. The second-order valence-electron chi connectivity index (χ2n) is 5.40. The molecular weight excluding hydrogens is 278 g/mol. The number of carboxylic acids is 2. The summed E-state index contributed by atoms with van der Waals surface area (Å²) in [4.78, 5) is 22.9. The average Bonchev–Trinajstić information content (AvgIpc) is 2.97. The summed E-state index contributed by atoms with van der Waals surface area (Å²) in [5.41, 5.74) is 0.402. The van der Waals surface area contributed by atoms with Crippen LogP contribution < -0.4 is 0 Å². The topological polar surface area (TPSA) is 74.6 Å². The van der Waals surface area contributed by atoms with Crippen molar-refractivity contribution in [3.63, 3.8) is 0 Å². The Hall–Kier alpha value is 0.680. The zero-order valence-corrected chi connectivity index (χ0v) is 16.5. The third-order valence-electron chi connectivity index (χ3n) is 4.28. The summed E-state index contributed by atoms with van der Waals surface area (Å²) in [5, 5.41) is 18.8. The van der Waals surface area contributed by atoms with E-state index in [0.29, 0.717) is 0 Å². The van der Waals surface area contributed by atoms with Gasteiger partial charge in [-0.25, -0.2) is 9.59 Å². The van der Waals surface area contributed by atoms with Gasteiger partial charge in [0.15, 0.2) is 0 Å². The quantitative estimate of drug-likeness (QED) is 0.615. The van der Waals surface area contributed by atoms with Crippen molar-refractivity contribution < 1.29 is 19.8 Å². The number of hydrogen-bond donors (Lipinski definition) is 2. The first-order chi connectivity index (χ1) is 8.61. The molecule has 0 saturated heterocycles. The monoisotopic (exact) mass is 298 g/mol. The van der Waals surface area contributed by atoms with Crippen LogP contribution in [0.4, 0.5) is 0 Å². The Labute approximate surface area is 164 Å². The van der Waals surface area contributed by atoms with Crippen LogP contribution in [0.2, 0.25) is 0 Å². The van der Waals surface area contributed by atoms with E-state index in [1.54, 1.807) is 0 Å². The smallest absolute Gasteiger partial charge is 0.332 e. The summed E-state index contributed by atoms with van der Waals surface area (Å²) in [6, 6.07) is 0. The molecule has 0 aromatic carbocycles. The van der Waals surface area contributed by atoms with Crippen molar-refractivity contribution in [3.8, 4) is 0 Å². The maximum atomic E-state index is 11.5. The number of carbonyl (C=O) groups is 2. The third-order valence-corrected chi connectivity index (χ3v) is 4.28. The van der Waals surface area contributed by atoms with E-state index in [9.17, 15) is 19.8 Å². The summed E-state index contributed by atoms with van der Waals surface area (Å²) < 4.78 is 0. The first kappa shape index (κ1) is 20.7. The van der Waals surface area contributed by atoms with Crippen LogP contribution >= 0.6 is 0 Å². The summed E-state index contributed by atoms with van der Waals surface area (Å²) >= 11 is 0. The van der Waals surface area contributed by atoms with Crippen molar-refractivity contribution in [2.75, 3.05) is 0 Å². The molecule has 102 valence electrons. The maximum Gasteiger partial charge on any atom is 0.332 e. The third kappa shape index (κ3) is 4.85. The van der Waals surface area contributed by atoms with Crippen molar-refractivity contribution in [3.05, 3.63) is 11.1 Å². The van der Waals surface area contributed by atoms with Gasteiger partial charge in [0.05, 0.1) is 11.1 Å². The molecule has 2 aliphatic rings. The predicted molar refractivity (Wildman–Crippen MR) is 77.7 cm³/mol. The van der Waals surface area contributed by atoms with E-state index in [1.807, 2.05) is 0 Å². The Morgan fingerprint density at radius 2 is 0.900 bits per heavy atom. The second-order valence-corrected chi connectivity index (χ2v) is 5.40. The van der Waals surface area contributed by atoms with Crippen LogP contribution in [0.3, 0.4) is 0 Å². The fraction of sp³-hybridized carbons (Fsp3) is 0.714. The number of aliphatic carboxylic acids is 2. The normalized spacial score (nSPS) is 20.8. The van der Waals surface area contributed by atoms with Gasteiger partial charge < -0.3 is 10.2 Å². The van der Waals surface area contributed by atoms with E-state index in [-0.39, 0.29) is 82.1 Å². The Bertz CT molecular complexity index is 345. The molecule has 0 atom stereocenters. The molecule has 0 aromatic rings. The van der Waals surface area contributed by atoms with Crippen LogP contribution in [0.1, 0.15) is 51.4 Å². The van der Waals surface area contributed by atoms with Crippen molar-refractivity contribution in [1.29, 1.82) is 0 Å². The first-order valence-electron chi connectivity index (χ1n) is 6.82. The maximum absolute atomic E-state index is 11.5. The molecule has 4 nitrogen and oxygen atoms in total. The van der Waals surface area contributed by atoms with Crippen LogP contribution in [-0.2, 0) is 9.59 Å². The molecule has 2 N–H and O–H groups in total. The largest absolute Gasteiger partial charge is 0.478 e. The molecule has 0 spiro atoms. The van der Waals surface area contributed by atoms with Gasteiger partial charge in [0, 0.05) is 59.1 Å². The SMILES string of the molecule is O=C(O)C(=C(C(=O)O)C1CCCC1)C1CCCC1.[Na].[Na]. The summed E-state index contributed by atoms with van der Waals surface area (Å²) in [5.74, 6) is -2.14. The Morgan fingerprint density at radius 1 is 0.650 bits per heavy atom. The van der Waals surface area contributed by atoms with E-state index < -0.39 is 11.9 Å². The van der Waals surface area contributed by atoms with Gasteiger partial charge >= 0.3 is 11.9 Å². The van der Waals surface area contributed by atoms with Gasteiger partial charge in [-0.05, 0) is 37.5 Å². The number of rotatable bonds is 4. The van der Waals surface area contributed by atoms with E-state index in [1.165, 1.54) is 0 Å². The van der Waals surface area contributed by atoms with Gasteiger partial charge in [-0.3, -0.25) is 0 Å². The van der Waals surface area contributed by atoms with Gasteiger partial charge in [-0.15, -0.1) is 0 Å². The molecule has 20 heavy (non-hydrogen) atoms. The summed E-state index contributed by atoms with van der Waals surface area (Å²) in [6.07, 6.45) is 7.35. The van der Waals surface area contributed by atoms with Gasteiger partial charge in [0.1, 0.15) is 0 Å². The molecule has 0 amide bonds. The fourth-order valence-corrected chi connectivity index (χ4v) is 3.45. The van der Waals surface area contributed by atoms with Crippen molar-refractivity contribution >= 4 is 71.1 Å². The Balaban J connectivity index is 0.00000180. The number of carboxylic acid groups (broad SMARTS) is 2. The zero-order chi connectivity index (χ0) is 13.1. The molecule has 0 unspecified atom stereocenters. The van der Waals surface area contributed by atoms with Crippen LogP contribution in [0.5, 0.6) is 0 Å². The van der Waals surface area contributed by atoms with Crippen LogP contribution in [0, 0.1) is 11.8 Å². The van der Waals surface area contributed by atoms with Crippen LogP contribution in [0.25, 0.3) is 0 Å². The molecule has 2 radical (unpaired) electrons. The molecule has 2 fully saturated rings. The molecule has 2 aliphatic carbocycles. The standard InChI is InChI=1S/C14H20O4.2Na/c15-13(16)11(9-5-1-2-6-9)12(14(17)18)10-7-3-4-8-10;;/h9-10H,1-8H2,(H,15,16)(H,17,18);;. The van der Waals surface area contributed by atoms with E-state index in [2.05, 4.69) is 0 Å². The molecule has 2 rings (SSSR count). The summed E-state index contributed by atoms with van der Waals surface area (Å²) in [7, 11) is 0. The van der Waals surface area contributed by atoms with Gasteiger partial charge in [0.25, 0.3) is 0 Å². The minimum Gasteiger partial charge on any atom is -0.478 e. The van der Waals surface area contributed by atoms with E-state index >= 15 is 0 Å². The Kier molecular flexibility index (Phi) is 9.98. The molecule has 0 aromatic heterocycles. The van der Waals surface area contributed by atoms with Gasteiger partial charge in [0.2, 0.25) is 0 Å². The van der Waals surface area contributed by atoms with Crippen molar-refractivity contribution in [2.45, 2.75) is 51.4 Å². The molecule has 0 bridgehead atoms. The second kappa shape index (κ2) is 9.65. The van der Waals surface area contributed by atoms with Crippen LogP contribution in [0.15, 0.2) is 11.1 Å². The predicted octanol–water partition coefficient (Wildman–Crippen LogP) is 2.07. The summed E-state index contributed by atoms with van der Waals surface area (Å²) in [6.45, 7) is 0. The molecule has 2 saturated carbocycles. The molecule has 0 aliphatic heterocycles. The van der Waals surface area contributed by atoms with E-state index in [0.717, 1.165) is 51.4 Å². The minimum atomic E-state index is -1.02. The van der Waals surface area contributed by atoms with Crippen molar-refractivity contribution in [2.24, 2.45) is 11.8 Å². The fourth-order valence-electron chi connectivity index (χ4n) is 3.45.